The van der Waals surface area contributed by atoms with Crippen LogP contribution in [0.2, 0.25) is 0 Å². The van der Waals surface area contributed by atoms with Crippen molar-refractivity contribution >= 4 is 34.4 Å². The van der Waals surface area contributed by atoms with Crippen molar-refractivity contribution in [2.24, 2.45) is 0 Å². The molecule has 2 aliphatic heterocycles. The molecule has 2 aromatic carbocycles. The Morgan fingerprint density at radius 3 is 2.50 bits per heavy atom. The standard InChI is InChI=1S/C26H24N2O3S/c1-2-15-31-21-11-6-5-10-20(21)28-25(29)23(22-12-7-16-32-22)24(26(28)30)27-14-13-18-8-3-4-9-19(18)17-27/h3-12,16H,2,13-15,17H2,1H3. The highest BCUT2D eigenvalue weighted by atomic mass is 32.1. The van der Waals surface area contributed by atoms with Gasteiger partial charge in [-0.3, -0.25) is 9.59 Å². The van der Waals surface area contributed by atoms with Gasteiger partial charge < -0.3 is 9.64 Å². The number of benzene rings is 2. The van der Waals surface area contributed by atoms with Crippen LogP contribution in [0, 0.1) is 0 Å². The number of hydrogen-bond donors (Lipinski definition) is 0. The van der Waals surface area contributed by atoms with Crippen molar-refractivity contribution in [3.05, 3.63) is 87.7 Å². The third kappa shape index (κ3) is 3.50. The lowest BCUT2D eigenvalue weighted by atomic mass is 9.99. The van der Waals surface area contributed by atoms with E-state index in [-0.39, 0.29) is 11.8 Å². The number of ether oxygens (including phenoxy) is 1. The Labute approximate surface area is 191 Å². The Bertz CT molecular complexity index is 1200. The summed E-state index contributed by atoms with van der Waals surface area (Å²) in [5.41, 5.74) is 3.96. The summed E-state index contributed by atoms with van der Waals surface area (Å²) in [6.45, 7) is 3.86. The van der Waals surface area contributed by atoms with E-state index in [4.69, 9.17) is 4.74 Å². The molecule has 5 nitrogen and oxygen atoms in total. The Hall–Kier alpha value is -3.38. The molecule has 162 valence electrons. The van der Waals surface area contributed by atoms with Crippen molar-refractivity contribution in [1.82, 2.24) is 4.90 Å². The first-order valence-electron chi connectivity index (χ1n) is 10.9. The van der Waals surface area contributed by atoms with E-state index in [0.717, 1.165) is 17.7 Å². The van der Waals surface area contributed by atoms with Gasteiger partial charge in [0, 0.05) is 18.0 Å². The molecule has 5 rings (SSSR count). The van der Waals surface area contributed by atoms with Gasteiger partial charge in [0.25, 0.3) is 11.8 Å². The number of carbonyl (C=O) groups is 2. The lowest BCUT2D eigenvalue weighted by Crippen LogP contribution is -2.37. The molecule has 0 atom stereocenters. The van der Waals surface area contributed by atoms with E-state index in [1.807, 2.05) is 54.8 Å². The summed E-state index contributed by atoms with van der Waals surface area (Å²) in [6.07, 6.45) is 1.68. The maximum absolute atomic E-state index is 13.8. The zero-order valence-electron chi connectivity index (χ0n) is 17.9. The Kier molecular flexibility index (Phi) is 5.53. The quantitative estimate of drug-likeness (QED) is 0.509. The molecule has 0 saturated carbocycles. The molecule has 3 heterocycles. The summed E-state index contributed by atoms with van der Waals surface area (Å²) >= 11 is 1.48. The number of para-hydroxylation sites is 2. The zero-order chi connectivity index (χ0) is 22.1. The fraction of sp³-hybridized carbons (Fsp3) is 0.231. The molecule has 0 N–H and O–H groups in total. The number of rotatable bonds is 6. The van der Waals surface area contributed by atoms with Gasteiger partial charge in [-0.15, -0.1) is 11.3 Å². The SMILES string of the molecule is CCCOc1ccccc1N1C(=O)C(c2cccs2)=C(N2CCc3ccccc3C2)C1=O. The van der Waals surface area contributed by atoms with Crippen LogP contribution in [0.3, 0.4) is 0 Å². The van der Waals surface area contributed by atoms with Crippen molar-refractivity contribution in [2.75, 3.05) is 18.1 Å². The molecule has 0 bridgehead atoms. The zero-order valence-corrected chi connectivity index (χ0v) is 18.7. The minimum absolute atomic E-state index is 0.287. The number of fused-ring (bicyclic) bond motifs is 1. The van der Waals surface area contributed by atoms with Crippen molar-refractivity contribution in [2.45, 2.75) is 26.3 Å². The summed E-state index contributed by atoms with van der Waals surface area (Å²) in [6, 6.07) is 19.4. The van der Waals surface area contributed by atoms with Gasteiger partial charge in [0.1, 0.15) is 11.4 Å². The summed E-state index contributed by atoms with van der Waals surface area (Å²) in [5, 5.41) is 1.93. The van der Waals surface area contributed by atoms with Crippen LogP contribution < -0.4 is 9.64 Å². The highest BCUT2D eigenvalue weighted by Gasteiger charge is 2.44. The largest absolute Gasteiger partial charge is 0.491 e. The molecule has 0 unspecified atom stereocenters. The fourth-order valence-corrected chi connectivity index (χ4v) is 5.10. The first kappa shape index (κ1) is 20.5. The molecular formula is C26H24N2O3S. The van der Waals surface area contributed by atoms with Gasteiger partial charge in [-0.2, -0.15) is 0 Å². The topological polar surface area (TPSA) is 49.9 Å². The Morgan fingerprint density at radius 2 is 1.72 bits per heavy atom. The summed E-state index contributed by atoms with van der Waals surface area (Å²) in [5.74, 6) is -0.0315. The fourth-order valence-electron chi connectivity index (χ4n) is 4.34. The van der Waals surface area contributed by atoms with Crippen LogP contribution in [0.1, 0.15) is 29.3 Å². The molecule has 2 amide bonds. The van der Waals surface area contributed by atoms with E-state index < -0.39 is 0 Å². The lowest BCUT2D eigenvalue weighted by molar-refractivity contribution is -0.120. The predicted octanol–water partition coefficient (Wildman–Crippen LogP) is 4.88. The first-order chi connectivity index (χ1) is 15.7. The van der Waals surface area contributed by atoms with Gasteiger partial charge in [0.2, 0.25) is 0 Å². The van der Waals surface area contributed by atoms with Gasteiger partial charge in [-0.25, -0.2) is 4.90 Å². The molecule has 2 aliphatic rings. The average molecular weight is 445 g/mol. The summed E-state index contributed by atoms with van der Waals surface area (Å²) in [7, 11) is 0. The third-order valence-corrected chi connectivity index (χ3v) is 6.73. The number of nitrogens with zero attached hydrogens (tertiary/aromatic N) is 2. The van der Waals surface area contributed by atoms with Crippen molar-refractivity contribution in [3.8, 4) is 5.75 Å². The lowest BCUT2D eigenvalue weighted by Gasteiger charge is -2.31. The highest BCUT2D eigenvalue weighted by molar-refractivity contribution is 7.11. The van der Waals surface area contributed by atoms with Gasteiger partial charge in [0.15, 0.2) is 0 Å². The number of carbonyl (C=O) groups excluding carboxylic acids is 2. The van der Waals surface area contributed by atoms with Crippen LogP contribution in [0.4, 0.5) is 5.69 Å². The molecule has 0 fully saturated rings. The first-order valence-corrected chi connectivity index (χ1v) is 11.8. The second kappa shape index (κ2) is 8.63. The highest BCUT2D eigenvalue weighted by Crippen LogP contribution is 2.40. The maximum atomic E-state index is 13.8. The monoisotopic (exact) mass is 444 g/mol. The summed E-state index contributed by atoms with van der Waals surface area (Å²) in [4.78, 5) is 31.7. The van der Waals surface area contributed by atoms with E-state index >= 15 is 0 Å². The van der Waals surface area contributed by atoms with Crippen molar-refractivity contribution in [3.63, 3.8) is 0 Å². The number of anilines is 1. The Balaban J connectivity index is 1.58. The van der Waals surface area contributed by atoms with Crippen LogP contribution in [0.15, 0.2) is 71.7 Å². The molecule has 0 spiro atoms. The van der Waals surface area contributed by atoms with Gasteiger partial charge in [-0.1, -0.05) is 49.4 Å². The van der Waals surface area contributed by atoms with Crippen molar-refractivity contribution < 1.29 is 14.3 Å². The van der Waals surface area contributed by atoms with Crippen molar-refractivity contribution in [1.29, 1.82) is 0 Å². The average Bonchev–Trinajstić information content (AvgIpc) is 3.43. The van der Waals surface area contributed by atoms with Gasteiger partial charge in [0.05, 0.1) is 17.9 Å². The second-order valence-corrected chi connectivity index (χ2v) is 8.85. The van der Waals surface area contributed by atoms with Crippen LogP contribution in [-0.4, -0.2) is 29.9 Å². The second-order valence-electron chi connectivity index (χ2n) is 7.90. The van der Waals surface area contributed by atoms with E-state index in [2.05, 4.69) is 17.0 Å². The van der Waals surface area contributed by atoms with Crippen LogP contribution in [0.25, 0.3) is 5.57 Å². The smallest absolute Gasteiger partial charge is 0.282 e. The van der Waals surface area contributed by atoms with E-state index in [0.29, 0.717) is 42.4 Å². The van der Waals surface area contributed by atoms with Crippen LogP contribution in [0.5, 0.6) is 5.75 Å². The molecule has 6 heteroatoms. The molecule has 0 aliphatic carbocycles. The minimum atomic E-state index is -0.293. The van der Waals surface area contributed by atoms with E-state index in [1.54, 1.807) is 6.07 Å². The van der Waals surface area contributed by atoms with Crippen LogP contribution >= 0.6 is 11.3 Å². The summed E-state index contributed by atoms with van der Waals surface area (Å²) < 4.78 is 5.87. The molecule has 1 aromatic heterocycles. The normalized spacial score (nSPS) is 16.0. The third-order valence-electron chi connectivity index (χ3n) is 5.84. The molecule has 32 heavy (non-hydrogen) atoms. The number of hydrogen-bond acceptors (Lipinski definition) is 5. The molecule has 3 aromatic rings. The predicted molar refractivity (Wildman–Crippen MR) is 127 cm³/mol. The molecular weight excluding hydrogens is 420 g/mol. The molecule has 0 radical (unpaired) electrons. The maximum Gasteiger partial charge on any atom is 0.282 e. The van der Waals surface area contributed by atoms with E-state index in [9.17, 15) is 9.59 Å². The number of thiophene rings is 1. The van der Waals surface area contributed by atoms with E-state index in [1.165, 1.54) is 27.4 Å². The van der Waals surface area contributed by atoms with Gasteiger partial charge >= 0.3 is 0 Å². The van der Waals surface area contributed by atoms with Crippen LogP contribution in [-0.2, 0) is 22.6 Å². The van der Waals surface area contributed by atoms with Gasteiger partial charge in [-0.05, 0) is 47.5 Å². The Morgan fingerprint density at radius 1 is 0.938 bits per heavy atom. The molecule has 0 saturated heterocycles. The minimum Gasteiger partial charge on any atom is -0.491 e. The number of imide groups is 1. The number of amides is 2.